The lowest BCUT2D eigenvalue weighted by atomic mass is 10.1. The number of hydrogen-bond donors (Lipinski definition) is 1. The Kier molecular flexibility index (Phi) is 6.00. The van der Waals surface area contributed by atoms with E-state index >= 15 is 0 Å². The first-order valence-corrected chi connectivity index (χ1v) is 6.61. The Bertz CT molecular complexity index is 184. The van der Waals surface area contributed by atoms with Gasteiger partial charge in [0.1, 0.15) is 0 Å². The van der Waals surface area contributed by atoms with Crippen molar-refractivity contribution < 1.29 is 0 Å². The Morgan fingerprint density at radius 1 is 1.50 bits per heavy atom. The minimum Gasteiger partial charge on any atom is -0.314 e. The van der Waals surface area contributed by atoms with Crippen LogP contribution in [-0.2, 0) is 0 Å². The molecule has 0 aromatic heterocycles. The topological polar surface area (TPSA) is 39.1 Å². The summed E-state index contributed by atoms with van der Waals surface area (Å²) in [6.45, 7) is 4.11. The van der Waals surface area contributed by atoms with Gasteiger partial charge < -0.3 is 5.32 Å². The summed E-state index contributed by atoms with van der Waals surface area (Å²) in [5.74, 6) is 1.17. The van der Waals surface area contributed by atoms with Crippen molar-refractivity contribution >= 4 is 11.8 Å². The van der Waals surface area contributed by atoms with Gasteiger partial charge in [-0.2, -0.15) is 17.0 Å². The number of thioether (sulfide) groups is 1. The lowest BCUT2D eigenvalue weighted by Gasteiger charge is -2.30. The number of hydrogen-bond acceptors (Lipinski definition) is 4. The maximum absolute atomic E-state index is 9.06. The molecule has 1 atom stereocenters. The molecule has 80 valence electrons. The summed E-state index contributed by atoms with van der Waals surface area (Å²) in [5.41, 5.74) is 0. The van der Waals surface area contributed by atoms with Crippen LogP contribution in [0.1, 0.15) is 12.8 Å². The van der Waals surface area contributed by atoms with Gasteiger partial charge in [0.25, 0.3) is 0 Å². The van der Waals surface area contributed by atoms with Crippen LogP contribution in [-0.4, -0.2) is 49.1 Å². The molecule has 1 aliphatic heterocycles. The molecule has 0 saturated carbocycles. The van der Waals surface area contributed by atoms with E-state index < -0.39 is 0 Å². The summed E-state index contributed by atoms with van der Waals surface area (Å²) in [6.07, 6.45) is 4.30. The fourth-order valence-electron chi connectivity index (χ4n) is 1.74. The Hall–Kier alpha value is -0.240. The quantitative estimate of drug-likeness (QED) is 0.690. The van der Waals surface area contributed by atoms with E-state index in [1.807, 2.05) is 11.8 Å². The second kappa shape index (κ2) is 7.10. The predicted molar refractivity (Wildman–Crippen MR) is 61.5 cm³/mol. The maximum atomic E-state index is 9.06. The van der Waals surface area contributed by atoms with Crippen LogP contribution in [0.5, 0.6) is 0 Å². The predicted octanol–water partition coefficient (Wildman–Crippen LogP) is 0.927. The smallest absolute Gasteiger partial charge is 0.0979 e. The van der Waals surface area contributed by atoms with Gasteiger partial charge in [-0.3, -0.25) is 4.90 Å². The SMILES string of the molecule is CSCCCC(C#N)N1CCNCC1. The Balaban J connectivity index is 2.25. The lowest BCUT2D eigenvalue weighted by Crippen LogP contribution is -2.48. The highest BCUT2D eigenvalue weighted by molar-refractivity contribution is 7.98. The summed E-state index contributed by atoms with van der Waals surface area (Å²) in [7, 11) is 0. The minimum atomic E-state index is 0.143. The van der Waals surface area contributed by atoms with Crippen LogP contribution in [0.3, 0.4) is 0 Å². The Labute approximate surface area is 90.8 Å². The van der Waals surface area contributed by atoms with Gasteiger partial charge in [0.05, 0.1) is 12.1 Å². The molecule has 0 spiro atoms. The standard InChI is InChI=1S/C10H19N3S/c1-14-8-2-3-10(9-11)13-6-4-12-5-7-13/h10,12H,2-8H2,1H3. The minimum absolute atomic E-state index is 0.143. The van der Waals surface area contributed by atoms with Crippen molar-refractivity contribution in [2.24, 2.45) is 0 Å². The van der Waals surface area contributed by atoms with Gasteiger partial charge in [-0.25, -0.2) is 0 Å². The second-order valence-corrected chi connectivity index (χ2v) is 4.55. The van der Waals surface area contributed by atoms with E-state index in [1.165, 1.54) is 5.75 Å². The summed E-state index contributed by atoms with van der Waals surface area (Å²) in [5, 5.41) is 12.4. The van der Waals surface area contributed by atoms with E-state index in [9.17, 15) is 0 Å². The summed E-state index contributed by atoms with van der Waals surface area (Å²) < 4.78 is 0. The number of nitrogens with one attached hydrogen (secondary N) is 1. The van der Waals surface area contributed by atoms with Crippen LogP contribution >= 0.6 is 11.8 Å². The first kappa shape index (κ1) is 11.8. The third kappa shape index (κ3) is 3.87. The van der Waals surface area contributed by atoms with Crippen molar-refractivity contribution in [2.75, 3.05) is 38.2 Å². The molecule has 14 heavy (non-hydrogen) atoms. The molecular weight excluding hydrogens is 194 g/mol. The largest absolute Gasteiger partial charge is 0.314 e. The molecule has 1 aliphatic rings. The summed E-state index contributed by atoms with van der Waals surface area (Å²) in [6, 6.07) is 2.56. The molecule has 1 unspecified atom stereocenters. The van der Waals surface area contributed by atoms with Gasteiger partial charge in [0, 0.05) is 26.2 Å². The second-order valence-electron chi connectivity index (χ2n) is 3.57. The van der Waals surface area contributed by atoms with Gasteiger partial charge >= 0.3 is 0 Å². The highest BCUT2D eigenvalue weighted by Gasteiger charge is 2.18. The fraction of sp³-hybridized carbons (Fsp3) is 0.900. The van der Waals surface area contributed by atoms with Crippen LogP contribution < -0.4 is 5.32 Å². The first-order chi connectivity index (χ1) is 6.88. The number of rotatable bonds is 5. The number of piperazine rings is 1. The number of nitrogens with zero attached hydrogens (tertiary/aromatic N) is 2. The van der Waals surface area contributed by atoms with E-state index in [2.05, 4.69) is 22.5 Å². The van der Waals surface area contributed by atoms with Crippen LogP contribution in [0.25, 0.3) is 0 Å². The third-order valence-electron chi connectivity index (χ3n) is 2.57. The highest BCUT2D eigenvalue weighted by atomic mass is 32.2. The zero-order valence-corrected chi connectivity index (χ0v) is 9.65. The van der Waals surface area contributed by atoms with Crippen LogP contribution in [0, 0.1) is 11.3 Å². The van der Waals surface area contributed by atoms with Gasteiger partial charge in [-0.05, 0) is 24.9 Å². The third-order valence-corrected chi connectivity index (χ3v) is 3.26. The van der Waals surface area contributed by atoms with Crippen LogP contribution in [0.4, 0.5) is 0 Å². The molecule has 3 nitrogen and oxygen atoms in total. The molecule has 0 aromatic rings. The van der Waals surface area contributed by atoms with Crippen molar-refractivity contribution in [3.8, 4) is 6.07 Å². The molecule has 1 heterocycles. The molecule has 1 N–H and O–H groups in total. The van der Waals surface area contributed by atoms with Gasteiger partial charge in [-0.1, -0.05) is 0 Å². The molecule has 0 bridgehead atoms. The van der Waals surface area contributed by atoms with Crippen molar-refractivity contribution in [1.82, 2.24) is 10.2 Å². The highest BCUT2D eigenvalue weighted by Crippen LogP contribution is 2.09. The molecule has 0 amide bonds. The Morgan fingerprint density at radius 2 is 2.21 bits per heavy atom. The zero-order chi connectivity index (χ0) is 10.2. The monoisotopic (exact) mass is 213 g/mol. The fourth-order valence-corrected chi connectivity index (χ4v) is 2.20. The van der Waals surface area contributed by atoms with Gasteiger partial charge in [-0.15, -0.1) is 0 Å². The lowest BCUT2D eigenvalue weighted by molar-refractivity contribution is 0.198. The molecule has 1 saturated heterocycles. The molecule has 1 rings (SSSR count). The summed E-state index contributed by atoms with van der Waals surface area (Å²) >= 11 is 1.86. The van der Waals surface area contributed by atoms with Gasteiger partial charge in [0.15, 0.2) is 0 Å². The maximum Gasteiger partial charge on any atom is 0.0979 e. The van der Waals surface area contributed by atoms with Crippen LogP contribution in [0.2, 0.25) is 0 Å². The van der Waals surface area contributed by atoms with Gasteiger partial charge in [0.2, 0.25) is 0 Å². The Morgan fingerprint density at radius 3 is 2.79 bits per heavy atom. The van der Waals surface area contributed by atoms with Crippen LogP contribution in [0.15, 0.2) is 0 Å². The van der Waals surface area contributed by atoms with Crippen molar-refractivity contribution in [1.29, 1.82) is 5.26 Å². The zero-order valence-electron chi connectivity index (χ0n) is 8.83. The number of nitriles is 1. The molecule has 0 aliphatic carbocycles. The molecule has 4 heteroatoms. The molecule has 0 radical (unpaired) electrons. The van der Waals surface area contributed by atoms with Crippen molar-refractivity contribution in [3.05, 3.63) is 0 Å². The van der Waals surface area contributed by atoms with Crippen molar-refractivity contribution in [3.63, 3.8) is 0 Å². The molecule has 1 fully saturated rings. The summed E-state index contributed by atoms with van der Waals surface area (Å²) in [4.78, 5) is 2.30. The molecule has 0 aromatic carbocycles. The average Bonchev–Trinajstić information content (AvgIpc) is 2.26. The normalized spacial score (nSPS) is 20.3. The van der Waals surface area contributed by atoms with E-state index in [0.29, 0.717) is 0 Å². The van der Waals surface area contributed by atoms with E-state index in [-0.39, 0.29) is 6.04 Å². The van der Waals surface area contributed by atoms with E-state index in [1.54, 1.807) is 0 Å². The van der Waals surface area contributed by atoms with E-state index in [0.717, 1.165) is 39.0 Å². The molecular formula is C10H19N3S. The first-order valence-electron chi connectivity index (χ1n) is 5.22. The van der Waals surface area contributed by atoms with Crippen molar-refractivity contribution in [2.45, 2.75) is 18.9 Å². The van der Waals surface area contributed by atoms with E-state index in [4.69, 9.17) is 5.26 Å². The average molecular weight is 213 g/mol.